The standard InChI is InChI=1S/C23H28ClN3O2S/c1-2-28-22-14-18(15-25-27-23(30)26-20-6-4-3-5-7-20)10-13-21(22)29-16-17-8-11-19(24)12-9-17/h8-15,20H,2-7,16H2,1H3,(H2,26,27,30)/b25-15-. The molecule has 2 aromatic rings. The summed E-state index contributed by atoms with van der Waals surface area (Å²) in [6, 6.07) is 13.8. The molecule has 2 N–H and O–H groups in total. The van der Waals surface area contributed by atoms with Crippen molar-refractivity contribution in [3.63, 3.8) is 0 Å². The highest BCUT2D eigenvalue weighted by Crippen LogP contribution is 2.29. The Kier molecular flexibility index (Phi) is 8.78. The lowest BCUT2D eigenvalue weighted by Crippen LogP contribution is -2.40. The second-order valence-electron chi connectivity index (χ2n) is 7.23. The Morgan fingerprint density at radius 1 is 1.10 bits per heavy atom. The number of nitrogens with zero attached hydrogens (tertiary/aromatic N) is 1. The molecule has 0 radical (unpaired) electrons. The van der Waals surface area contributed by atoms with E-state index < -0.39 is 0 Å². The zero-order chi connectivity index (χ0) is 21.2. The summed E-state index contributed by atoms with van der Waals surface area (Å²) < 4.78 is 11.7. The maximum absolute atomic E-state index is 5.94. The molecule has 2 aromatic carbocycles. The van der Waals surface area contributed by atoms with E-state index in [0.29, 0.717) is 40.9 Å². The normalized spacial score (nSPS) is 14.5. The van der Waals surface area contributed by atoms with Crippen molar-refractivity contribution in [1.82, 2.24) is 10.7 Å². The predicted octanol–water partition coefficient (Wildman–Crippen LogP) is 5.45. The molecular formula is C23H28ClN3O2S. The van der Waals surface area contributed by atoms with Gasteiger partial charge >= 0.3 is 0 Å². The second kappa shape index (κ2) is 11.8. The molecule has 1 aliphatic carbocycles. The van der Waals surface area contributed by atoms with Crippen molar-refractivity contribution in [3.8, 4) is 11.5 Å². The van der Waals surface area contributed by atoms with Crippen LogP contribution >= 0.6 is 23.8 Å². The molecule has 0 amide bonds. The van der Waals surface area contributed by atoms with Gasteiger partial charge in [-0.25, -0.2) is 0 Å². The lowest BCUT2D eigenvalue weighted by Gasteiger charge is -2.23. The predicted molar refractivity (Wildman–Crippen MR) is 127 cm³/mol. The third kappa shape index (κ3) is 7.18. The van der Waals surface area contributed by atoms with Gasteiger partial charge in [-0.3, -0.25) is 5.43 Å². The topological polar surface area (TPSA) is 54.9 Å². The van der Waals surface area contributed by atoms with Crippen LogP contribution in [0.5, 0.6) is 11.5 Å². The van der Waals surface area contributed by atoms with Gasteiger partial charge in [0.15, 0.2) is 16.6 Å². The van der Waals surface area contributed by atoms with E-state index in [-0.39, 0.29) is 0 Å². The molecular weight excluding hydrogens is 418 g/mol. The molecule has 1 aliphatic rings. The van der Waals surface area contributed by atoms with Crippen LogP contribution in [0.1, 0.15) is 50.2 Å². The number of hydrogen-bond donors (Lipinski definition) is 2. The number of halogens is 1. The van der Waals surface area contributed by atoms with Gasteiger partial charge in [-0.15, -0.1) is 0 Å². The Labute approximate surface area is 188 Å². The van der Waals surface area contributed by atoms with Crippen LogP contribution < -0.4 is 20.2 Å². The smallest absolute Gasteiger partial charge is 0.187 e. The molecule has 1 saturated carbocycles. The molecule has 3 rings (SSSR count). The molecule has 7 heteroatoms. The van der Waals surface area contributed by atoms with E-state index in [1.165, 1.54) is 32.1 Å². The molecule has 5 nitrogen and oxygen atoms in total. The third-order valence-electron chi connectivity index (χ3n) is 4.90. The van der Waals surface area contributed by atoms with Crippen LogP contribution in [0.4, 0.5) is 0 Å². The minimum absolute atomic E-state index is 0.438. The molecule has 0 spiro atoms. The minimum atomic E-state index is 0.438. The lowest BCUT2D eigenvalue weighted by molar-refractivity contribution is 0.269. The summed E-state index contributed by atoms with van der Waals surface area (Å²) in [5, 5.41) is 8.86. The van der Waals surface area contributed by atoms with Gasteiger partial charge in [0, 0.05) is 11.1 Å². The Morgan fingerprint density at radius 2 is 1.87 bits per heavy atom. The quantitative estimate of drug-likeness (QED) is 0.321. The van der Waals surface area contributed by atoms with E-state index in [0.717, 1.165) is 11.1 Å². The number of hydrogen-bond acceptors (Lipinski definition) is 4. The van der Waals surface area contributed by atoms with E-state index in [1.54, 1.807) is 6.21 Å². The lowest BCUT2D eigenvalue weighted by atomic mass is 9.96. The number of nitrogens with one attached hydrogen (secondary N) is 2. The number of rotatable bonds is 8. The number of benzene rings is 2. The molecule has 160 valence electrons. The van der Waals surface area contributed by atoms with Gasteiger partial charge in [-0.05, 0) is 73.4 Å². The highest BCUT2D eigenvalue weighted by Gasteiger charge is 2.13. The van der Waals surface area contributed by atoms with E-state index >= 15 is 0 Å². The second-order valence-corrected chi connectivity index (χ2v) is 8.08. The van der Waals surface area contributed by atoms with Crippen molar-refractivity contribution in [1.29, 1.82) is 0 Å². The SMILES string of the molecule is CCOc1cc(/C=N\NC(=S)NC2CCCCC2)ccc1OCc1ccc(Cl)cc1. The highest BCUT2D eigenvalue weighted by molar-refractivity contribution is 7.80. The number of ether oxygens (including phenoxy) is 2. The van der Waals surface area contributed by atoms with Gasteiger partial charge in [-0.2, -0.15) is 5.10 Å². The molecule has 0 bridgehead atoms. The number of hydrazone groups is 1. The van der Waals surface area contributed by atoms with E-state index in [1.807, 2.05) is 49.4 Å². The van der Waals surface area contributed by atoms with Gasteiger partial charge in [0.1, 0.15) is 6.61 Å². The first-order valence-corrected chi connectivity index (χ1v) is 11.2. The van der Waals surface area contributed by atoms with E-state index in [9.17, 15) is 0 Å². The molecule has 0 aliphatic heterocycles. The van der Waals surface area contributed by atoms with Gasteiger partial charge in [0.05, 0.1) is 12.8 Å². The molecule has 0 saturated heterocycles. The molecule has 0 unspecified atom stereocenters. The van der Waals surface area contributed by atoms with Crippen LogP contribution in [0, 0.1) is 0 Å². The van der Waals surface area contributed by atoms with Crippen molar-refractivity contribution < 1.29 is 9.47 Å². The summed E-state index contributed by atoms with van der Waals surface area (Å²) >= 11 is 11.3. The fraction of sp³-hybridized carbons (Fsp3) is 0.391. The van der Waals surface area contributed by atoms with E-state index in [2.05, 4.69) is 15.8 Å². The van der Waals surface area contributed by atoms with Crippen LogP contribution in [-0.4, -0.2) is 24.0 Å². The fourth-order valence-electron chi connectivity index (χ4n) is 3.36. The first kappa shape index (κ1) is 22.4. The van der Waals surface area contributed by atoms with Crippen molar-refractivity contribution >= 4 is 35.1 Å². The first-order valence-electron chi connectivity index (χ1n) is 10.4. The zero-order valence-electron chi connectivity index (χ0n) is 17.2. The van der Waals surface area contributed by atoms with Crippen LogP contribution in [0.25, 0.3) is 0 Å². The van der Waals surface area contributed by atoms with Crippen molar-refractivity contribution in [2.45, 2.75) is 51.7 Å². The monoisotopic (exact) mass is 445 g/mol. The summed E-state index contributed by atoms with van der Waals surface area (Å²) in [5.41, 5.74) is 4.83. The van der Waals surface area contributed by atoms with Crippen molar-refractivity contribution in [3.05, 3.63) is 58.6 Å². The average Bonchev–Trinajstić information content (AvgIpc) is 2.75. The average molecular weight is 446 g/mol. The van der Waals surface area contributed by atoms with Gasteiger partial charge in [-0.1, -0.05) is 43.0 Å². The summed E-state index contributed by atoms with van der Waals surface area (Å²) in [6.45, 7) is 2.93. The molecule has 0 atom stereocenters. The van der Waals surface area contributed by atoms with Crippen LogP contribution in [0.3, 0.4) is 0 Å². The van der Waals surface area contributed by atoms with Gasteiger partial charge < -0.3 is 14.8 Å². The zero-order valence-corrected chi connectivity index (χ0v) is 18.8. The number of thiocarbonyl (C=S) groups is 1. The molecule has 30 heavy (non-hydrogen) atoms. The first-order chi connectivity index (χ1) is 14.6. The summed E-state index contributed by atoms with van der Waals surface area (Å²) in [7, 11) is 0. The largest absolute Gasteiger partial charge is 0.490 e. The Balaban J connectivity index is 1.55. The fourth-order valence-corrected chi connectivity index (χ4v) is 3.71. The van der Waals surface area contributed by atoms with Crippen LogP contribution in [0.2, 0.25) is 5.02 Å². The van der Waals surface area contributed by atoms with Gasteiger partial charge in [0.25, 0.3) is 0 Å². The van der Waals surface area contributed by atoms with Crippen molar-refractivity contribution in [2.24, 2.45) is 5.10 Å². The van der Waals surface area contributed by atoms with Crippen molar-refractivity contribution in [2.75, 3.05) is 6.61 Å². The minimum Gasteiger partial charge on any atom is -0.490 e. The maximum atomic E-state index is 5.94. The molecule has 0 aromatic heterocycles. The Morgan fingerprint density at radius 3 is 2.60 bits per heavy atom. The van der Waals surface area contributed by atoms with E-state index in [4.69, 9.17) is 33.3 Å². The van der Waals surface area contributed by atoms with Gasteiger partial charge in [0.2, 0.25) is 0 Å². The Hall–Kier alpha value is -2.31. The summed E-state index contributed by atoms with van der Waals surface area (Å²) in [5.74, 6) is 1.37. The third-order valence-corrected chi connectivity index (χ3v) is 5.36. The van der Waals surface area contributed by atoms with Crippen LogP contribution in [0.15, 0.2) is 47.6 Å². The highest BCUT2D eigenvalue weighted by atomic mass is 35.5. The molecule has 0 heterocycles. The Bertz CT molecular complexity index is 852. The maximum Gasteiger partial charge on any atom is 0.187 e. The molecule has 1 fully saturated rings. The summed E-state index contributed by atoms with van der Waals surface area (Å²) in [6.07, 6.45) is 7.90. The van der Waals surface area contributed by atoms with Crippen LogP contribution in [-0.2, 0) is 6.61 Å². The summed E-state index contributed by atoms with van der Waals surface area (Å²) in [4.78, 5) is 0.